The third kappa shape index (κ3) is 2.71. The summed E-state index contributed by atoms with van der Waals surface area (Å²) in [4.78, 5) is 8.86. The Labute approximate surface area is 60.3 Å². The Morgan fingerprint density at radius 3 is 2.00 bits per heavy atom. The van der Waals surface area contributed by atoms with Gasteiger partial charge in [-0.15, -0.1) is 0 Å². The zero-order valence-corrected chi connectivity index (χ0v) is 5.76. The van der Waals surface area contributed by atoms with Crippen LogP contribution in [0.1, 0.15) is 6.92 Å². The fraction of sp³-hybridized carbons (Fsp3) is 1.00. The Hall–Kier alpha value is -0.850. The molecular weight excluding hydrogens is 165 g/mol. The molecule has 0 heterocycles. The van der Waals surface area contributed by atoms with Crippen LogP contribution in [0.25, 0.3) is 0 Å². The molecule has 11 heavy (non-hydrogen) atoms. The molecule has 66 valence electrons. The second-order valence-corrected chi connectivity index (χ2v) is 2.17. The summed E-state index contributed by atoms with van der Waals surface area (Å²) in [5.41, 5.74) is 2.66. The molecule has 4 nitrogen and oxygen atoms in total. The minimum Gasteiger partial charge on any atom is -0.342 e. The van der Waals surface area contributed by atoms with Gasteiger partial charge in [0.05, 0.1) is 0 Å². The lowest BCUT2D eigenvalue weighted by Gasteiger charge is -2.12. The number of quaternary nitrogens is 1. The average molecular weight is 173 g/mol. The second kappa shape index (κ2) is 3.04. The SMILES string of the molecule is CC(C([NH3+])C(F)(F)F)[N+](=O)[O-]. The van der Waals surface area contributed by atoms with Crippen molar-refractivity contribution in [1.82, 2.24) is 0 Å². The van der Waals surface area contributed by atoms with Crippen molar-refractivity contribution in [1.29, 1.82) is 0 Å². The second-order valence-electron chi connectivity index (χ2n) is 2.17. The molecule has 0 aromatic heterocycles. The van der Waals surface area contributed by atoms with E-state index in [4.69, 9.17) is 0 Å². The molecule has 0 amide bonds. The van der Waals surface area contributed by atoms with Crippen LogP contribution >= 0.6 is 0 Å². The Balaban J connectivity index is 4.25. The van der Waals surface area contributed by atoms with Gasteiger partial charge in [0, 0.05) is 11.8 Å². The Bertz CT molecular complexity index is 158. The highest BCUT2D eigenvalue weighted by Crippen LogP contribution is 2.20. The van der Waals surface area contributed by atoms with Crippen molar-refractivity contribution in [3.05, 3.63) is 10.1 Å². The fourth-order valence-corrected chi connectivity index (χ4v) is 0.420. The van der Waals surface area contributed by atoms with E-state index in [1.807, 2.05) is 0 Å². The molecule has 2 unspecified atom stereocenters. The molecule has 0 radical (unpaired) electrons. The van der Waals surface area contributed by atoms with Gasteiger partial charge in [0.15, 0.2) is 0 Å². The van der Waals surface area contributed by atoms with Crippen LogP contribution in [-0.2, 0) is 0 Å². The summed E-state index contributed by atoms with van der Waals surface area (Å²) >= 11 is 0. The number of nitro groups is 1. The van der Waals surface area contributed by atoms with Crippen molar-refractivity contribution >= 4 is 0 Å². The fourth-order valence-electron chi connectivity index (χ4n) is 0.420. The van der Waals surface area contributed by atoms with Gasteiger partial charge in [-0.25, -0.2) is 0 Å². The first-order valence-electron chi connectivity index (χ1n) is 2.80. The van der Waals surface area contributed by atoms with Gasteiger partial charge in [-0.3, -0.25) is 10.1 Å². The Kier molecular flexibility index (Phi) is 2.80. The summed E-state index contributed by atoms with van der Waals surface area (Å²) in [6.45, 7) is 0.880. The van der Waals surface area contributed by atoms with E-state index in [0.29, 0.717) is 0 Å². The largest absolute Gasteiger partial charge is 0.448 e. The highest BCUT2D eigenvalue weighted by molar-refractivity contribution is 4.69. The molecule has 0 aliphatic carbocycles. The van der Waals surface area contributed by atoms with Crippen LogP contribution < -0.4 is 5.73 Å². The van der Waals surface area contributed by atoms with Crippen molar-refractivity contribution < 1.29 is 23.8 Å². The summed E-state index contributed by atoms with van der Waals surface area (Å²) in [5.74, 6) is 0. The van der Waals surface area contributed by atoms with E-state index in [-0.39, 0.29) is 0 Å². The van der Waals surface area contributed by atoms with Crippen molar-refractivity contribution in [2.24, 2.45) is 0 Å². The van der Waals surface area contributed by atoms with Crippen LogP contribution in [0.5, 0.6) is 0 Å². The van der Waals surface area contributed by atoms with Gasteiger partial charge in [-0.1, -0.05) is 0 Å². The lowest BCUT2D eigenvalue weighted by Crippen LogP contribution is -2.73. The van der Waals surface area contributed by atoms with Crippen LogP contribution in [0, 0.1) is 10.1 Å². The molecular formula is C4H8F3N2O2+. The molecule has 0 fully saturated rings. The Morgan fingerprint density at radius 2 is 1.91 bits per heavy atom. The maximum Gasteiger partial charge on any atom is 0.448 e. The third-order valence-corrected chi connectivity index (χ3v) is 1.34. The maximum absolute atomic E-state index is 11.7. The van der Waals surface area contributed by atoms with Crippen LogP contribution in [-0.4, -0.2) is 23.2 Å². The van der Waals surface area contributed by atoms with Crippen LogP contribution in [0.2, 0.25) is 0 Å². The minimum atomic E-state index is -4.59. The van der Waals surface area contributed by atoms with E-state index in [2.05, 4.69) is 5.73 Å². The summed E-state index contributed by atoms with van der Waals surface area (Å²) < 4.78 is 35.1. The maximum atomic E-state index is 11.7. The average Bonchev–Trinajstić information content (AvgIpc) is 1.82. The van der Waals surface area contributed by atoms with Gasteiger partial charge in [0.1, 0.15) is 0 Å². The molecule has 0 aliphatic rings. The summed E-state index contributed by atoms with van der Waals surface area (Å²) in [7, 11) is 0. The quantitative estimate of drug-likeness (QED) is 0.465. The molecule has 0 saturated carbocycles. The van der Waals surface area contributed by atoms with Gasteiger partial charge >= 0.3 is 6.18 Å². The lowest BCUT2D eigenvalue weighted by atomic mass is 10.1. The first-order valence-corrected chi connectivity index (χ1v) is 2.80. The molecule has 3 N–H and O–H groups in total. The number of nitrogens with zero attached hydrogens (tertiary/aromatic N) is 1. The summed E-state index contributed by atoms with van der Waals surface area (Å²) in [6, 6.07) is -3.83. The first kappa shape index (κ1) is 10.2. The molecule has 0 aromatic rings. The van der Waals surface area contributed by atoms with Gasteiger partial charge < -0.3 is 5.73 Å². The van der Waals surface area contributed by atoms with Gasteiger partial charge in [-0.05, 0) is 0 Å². The zero-order valence-electron chi connectivity index (χ0n) is 5.76. The molecule has 0 rings (SSSR count). The van der Waals surface area contributed by atoms with E-state index < -0.39 is 23.2 Å². The smallest absolute Gasteiger partial charge is 0.342 e. The predicted octanol–water partition coefficient (Wildman–Crippen LogP) is -0.176. The van der Waals surface area contributed by atoms with E-state index in [1.165, 1.54) is 0 Å². The van der Waals surface area contributed by atoms with Gasteiger partial charge in [-0.2, -0.15) is 13.2 Å². The molecule has 0 bridgehead atoms. The number of alkyl halides is 3. The predicted molar refractivity (Wildman–Crippen MR) is 29.2 cm³/mol. The molecule has 0 aromatic carbocycles. The topological polar surface area (TPSA) is 70.8 Å². The molecule has 0 saturated heterocycles. The van der Waals surface area contributed by atoms with E-state index in [9.17, 15) is 23.3 Å². The molecule has 7 heteroatoms. The third-order valence-electron chi connectivity index (χ3n) is 1.34. The molecule has 2 atom stereocenters. The van der Waals surface area contributed by atoms with E-state index >= 15 is 0 Å². The van der Waals surface area contributed by atoms with Crippen LogP contribution in [0.15, 0.2) is 0 Å². The van der Waals surface area contributed by atoms with E-state index in [0.717, 1.165) is 6.92 Å². The van der Waals surface area contributed by atoms with Crippen molar-refractivity contribution in [2.75, 3.05) is 0 Å². The van der Waals surface area contributed by atoms with E-state index in [1.54, 1.807) is 0 Å². The Morgan fingerprint density at radius 1 is 1.55 bits per heavy atom. The van der Waals surface area contributed by atoms with Gasteiger partial charge in [0.25, 0.3) is 6.04 Å². The van der Waals surface area contributed by atoms with Crippen LogP contribution in [0.3, 0.4) is 0 Å². The first-order chi connectivity index (χ1) is 4.76. The van der Waals surface area contributed by atoms with Crippen molar-refractivity contribution in [3.8, 4) is 0 Å². The number of hydrogen-bond donors (Lipinski definition) is 1. The number of rotatable bonds is 2. The standard InChI is InChI=1S/C4H7F3N2O2/c1-2(9(10)11)3(8)4(5,6)7/h2-3H,8H2,1H3/p+1. The lowest BCUT2D eigenvalue weighted by molar-refractivity contribution is -0.603. The number of halogens is 3. The highest BCUT2D eigenvalue weighted by Gasteiger charge is 2.49. The summed E-state index contributed by atoms with van der Waals surface area (Å²) in [5, 5.41) is 9.85. The molecule has 0 spiro atoms. The highest BCUT2D eigenvalue weighted by atomic mass is 19.4. The normalized spacial score (nSPS) is 17.5. The summed E-state index contributed by atoms with van der Waals surface area (Å²) in [6.07, 6.45) is -4.59. The van der Waals surface area contributed by atoms with Gasteiger partial charge in [0.2, 0.25) is 6.04 Å². The van der Waals surface area contributed by atoms with Crippen molar-refractivity contribution in [2.45, 2.75) is 25.2 Å². The molecule has 0 aliphatic heterocycles. The monoisotopic (exact) mass is 173 g/mol. The minimum absolute atomic E-state index is 0.880. The zero-order chi connectivity index (χ0) is 9.23. The van der Waals surface area contributed by atoms with Crippen molar-refractivity contribution in [3.63, 3.8) is 0 Å². The number of hydrogen-bond acceptors (Lipinski definition) is 2. The van der Waals surface area contributed by atoms with Crippen LogP contribution in [0.4, 0.5) is 13.2 Å².